The Hall–Kier alpha value is -4.58. The monoisotopic (exact) mass is 448 g/mol. The summed E-state index contributed by atoms with van der Waals surface area (Å²) in [5.41, 5.74) is 4.13. The van der Waals surface area contributed by atoms with Crippen LogP contribution in [0.5, 0.6) is 0 Å². The maximum atomic E-state index is 13.3. The lowest BCUT2D eigenvalue weighted by Gasteiger charge is -2.16. The third-order valence-corrected chi connectivity index (χ3v) is 5.89. The zero-order valence-electron chi connectivity index (χ0n) is 18.6. The van der Waals surface area contributed by atoms with Gasteiger partial charge in [0, 0.05) is 25.0 Å². The first-order valence-corrected chi connectivity index (χ1v) is 10.8. The number of hydrogen-bond acceptors (Lipinski definition) is 4. The standard InChI is InChI=1S/C28H20N2O4/c1-17(31)29-25-16-26-22(15-21(25)23(27(29)33)13-19-9-5-3-6-10-19)24(28(34)30(26)18(2)32)14-20-11-7-4-8-12-20/h3-16H,1-2H3/b23-13+,24-14?. The molecule has 3 aromatic carbocycles. The van der Waals surface area contributed by atoms with Gasteiger partial charge in [0.05, 0.1) is 22.5 Å². The predicted molar refractivity (Wildman–Crippen MR) is 131 cm³/mol. The highest BCUT2D eigenvalue weighted by molar-refractivity contribution is 6.45. The van der Waals surface area contributed by atoms with Crippen LogP contribution in [0, 0.1) is 0 Å². The number of hydrogen-bond donors (Lipinski definition) is 0. The fourth-order valence-electron chi connectivity index (χ4n) is 4.40. The number of fused-ring (bicyclic) bond motifs is 2. The molecule has 0 saturated carbocycles. The van der Waals surface area contributed by atoms with Crippen molar-refractivity contribution in [2.75, 3.05) is 9.80 Å². The molecule has 166 valence electrons. The maximum absolute atomic E-state index is 13.3. The first kappa shape index (κ1) is 21.3. The fourth-order valence-corrected chi connectivity index (χ4v) is 4.40. The molecule has 0 unspecified atom stereocenters. The van der Waals surface area contributed by atoms with Crippen molar-refractivity contribution in [1.82, 2.24) is 0 Å². The number of rotatable bonds is 2. The Morgan fingerprint density at radius 1 is 0.618 bits per heavy atom. The van der Waals surface area contributed by atoms with E-state index in [0.29, 0.717) is 33.6 Å². The van der Waals surface area contributed by atoms with Crippen LogP contribution in [0.3, 0.4) is 0 Å². The van der Waals surface area contributed by atoms with Gasteiger partial charge in [-0.05, 0) is 35.4 Å². The van der Waals surface area contributed by atoms with Gasteiger partial charge < -0.3 is 0 Å². The van der Waals surface area contributed by atoms with Gasteiger partial charge >= 0.3 is 0 Å². The van der Waals surface area contributed by atoms with Crippen molar-refractivity contribution in [3.05, 3.63) is 95.1 Å². The van der Waals surface area contributed by atoms with Gasteiger partial charge in [-0.15, -0.1) is 0 Å². The molecule has 0 bridgehead atoms. The lowest BCUT2D eigenvalue weighted by molar-refractivity contribution is -0.123. The van der Waals surface area contributed by atoms with Crippen LogP contribution >= 0.6 is 0 Å². The minimum atomic E-state index is -0.443. The predicted octanol–water partition coefficient (Wildman–Crippen LogP) is 4.55. The van der Waals surface area contributed by atoms with Crippen LogP contribution in [0.1, 0.15) is 36.1 Å². The first-order chi connectivity index (χ1) is 16.4. The van der Waals surface area contributed by atoms with Crippen LogP contribution in [0.2, 0.25) is 0 Å². The number of anilines is 2. The highest BCUT2D eigenvalue weighted by atomic mass is 16.2. The SMILES string of the molecule is CC(=O)N1C(=O)C(=Cc2ccccc2)c2cc3c(cc21)N(C(C)=O)C(=O)/C3=C/c1ccccc1. The first-order valence-electron chi connectivity index (χ1n) is 10.8. The molecule has 0 atom stereocenters. The lowest BCUT2D eigenvalue weighted by atomic mass is 9.97. The van der Waals surface area contributed by atoms with Crippen molar-refractivity contribution in [3.8, 4) is 0 Å². The minimum Gasteiger partial charge on any atom is -0.274 e. The Morgan fingerprint density at radius 2 is 1.00 bits per heavy atom. The maximum Gasteiger partial charge on any atom is 0.265 e. The van der Waals surface area contributed by atoms with Crippen LogP contribution in [0.4, 0.5) is 11.4 Å². The molecule has 0 radical (unpaired) electrons. The second-order valence-corrected chi connectivity index (χ2v) is 8.14. The summed E-state index contributed by atoms with van der Waals surface area (Å²) in [6.45, 7) is 2.63. The van der Waals surface area contributed by atoms with Crippen molar-refractivity contribution in [2.24, 2.45) is 0 Å². The van der Waals surface area contributed by atoms with Crippen molar-refractivity contribution in [2.45, 2.75) is 13.8 Å². The molecule has 6 heteroatoms. The molecule has 0 fully saturated rings. The number of carbonyl (C=O) groups excluding carboxylic acids is 4. The number of imide groups is 2. The summed E-state index contributed by atoms with van der Waals surface area (Å²) >= 11 is 0. The average molecular weight is 448 g/mol. The molecule has 2 heterocycles. The Kier molecular flexibility index (Phi) is 5.06. The quantitative estimate of drug-likeness (QED) is 0.539. The van der Waals surface area contributed by atoms with Gasteiger partial charge in [-0.25, -0.2) is 9.80 Å². The van der Waals surface area contributed by atoms with E-state index in [2.05, 4.69) is 0 Å². The molecular formula is C28H20N2O4. The Balaban J connectivity index is 1.76. The fraction of sp³-hybridized carbons (Fsp3) is 0.0714. The molecule has 2 aliphatic heterocycles. The van der Waals surface area contributed by atoms with E-state index in [1.165, 1.54) is 13.8 Å². The number of amides is 4. The zero-order valence-corrected chi connectivity index (χ0v) is 18.6. The second kappa shape index (κ2) is 8.08. The molecule has 0 N–H and O–H groups in total. The highest BCUT2D eigenvalue weighted by Gasteiger charge is 2.41. The van der Waals surface area contributed by atoms with Gasteiger partial charge in [-0.3, -0.25) is 19.2 Å². The third kappa shape index (κ3) is 3.36. The van der Waals surface area contributed by atoms with E-state index in [9.17, 15) is 19.2 Å². The number of carbonyl (C=O) groups is 4. The molecule has 2 aliphatic rings. The van der Waals surface area contributed by atoms with Crippen molar-refractivity contribution in [3.63, 3.8) is 0 Å². The van der Waals surface area contributed by atoms with E-state index < -0.39 is 23.6 Å². The van der Waals surface area contributed by atoms with Crippen LogP contribution in [0.15, 0.2) is 72.8 Å². The molecule has 0 aromatic heterocycles. The normalized spacial score (nSPS) is 16.9. The summed E-state index contributed by atoms with van der Waals surface area (Å²) < 4.78 is 0. The van der Waals surface area contributed by atoms with Gasteiger partial charge in [0.1, 0.15) is 0 Å². The Morgan fingerprint density at radius 3 is 1.35 bits per heavy atom. The van der Waals surface area contributed by atoms with Gasteiger partial charge in [0.2, 0.25) is 11.8 Å². The largest absolute Gasteiger partial charge is 0.274 e. The summed E-state index contributed by atoms with van der Waals surface area (Å²) in [5, 5.41) is 0. The molecule has 5 rings (SSSR count). The van der Waals surface area contributed by atoms with Gasteiger partial charge in [-0.2, -0.15) is 0 Å². The van der Waals surface area contributed by atoms with Crippen molar-refractivity contribution < 1.29 is 19.2 Å². The van der Waals surface area contributed by atoms with E-state index in [0.717, 1.165) is 20.9 Å². The average Bonchev–Trinajstić information content (AvgIpc) is 3.24. The van der Waals surface area contributed by atoms with Crippen LogP contribution in [-0.2, 0) is 19.2 Å². The van der Waals surface area contributed by atoms with Crippen LogP contribution in [-0.4, -0.2) is 23.6 Å². The second-order valence-electron chi connectivity index (χ2n) is 8.14. The Bertz CT molecular complexity index is 1330. The van der Waals surface area contributed by atoms with Crippen LogP contribution in [0.25, 0.3) is 23.3 Å². The topological polar surface area (TPSA) is 74.8 Å². The van der Waals surface area contributed by atoms with E-state index >= 15 is 0 Å². The van der Waals surface area contributed by atoms with E-state index in [-0.39, 0.29) is 0 Å². The molecule has 0 saturated heterocycles. The molecule has 0 aliphatic carbocycles. The molecule has 0 spiro atoms. The van der Waals surface area contributed by atoms with Crippen molar-refractivity contribution in [1.29, 1.82) is 0 Å². The molecule has 3 aromatic rings. The molecule has 34 heavy (non-hydrogen) atoms. The summed E-state index contributed by atoms with van der Waals surface area (Å²) in [7, 11) is 0. The van der Waals surface area contributed by atoms with E-state index in [1.54, 1.807) is 24.3 Å². The summed E-state index contributed by atoms with van der Waals surface area (Å²) in [6, 6.07) is 22.0. The minimum absolute atomic E-state index is 0.354. The highest BCUT2D eigenvalue weighted by Crippen LogP contribution is 2.47. The van der Waals surface area contributed by atoms with Gasteiger partial charge in [0.15, 0.2) is 0 Å². The summed E-state index contributed by atoms with van der Waals surface area (Å²) in [5.74, 6) is -1.77. The lowest BCUT2D eigenvalue weighted by Crippen LogP contribution is -2.32. The number of benzene rings is 3. The molecule has 4 amide bonds. The third-order valence-electron chi connectivity index (χ3n) is 5.89. The zero-order chi connectivity index (χ0) is 24.0. The smallest absolute Gasteiger partial charge is 0.265 e. The summed E-state index contributed by atoms with van der Waals surface area (Å²) in [4.78, 5) is 53.6. The molecule has 6 nitrogen and oxygen atoms in total. The summed E-state index contributed by atoms with van der Waals surface area (Å²) in [6.07, 6.45) is 3.47. The molecular weight excluding hydrogens is 428 g/mol. The van der Waals surface area contributed by atoms with Crippen LogP contribution < -0.4 is 9.80 Å². The van der Waals surface area contributed by atoms with E-state index in [4.69, 9.17) is 0 Å². The number of nitrogens with zero attached hydrogens (tertiary/aromatic N) is 2. The van der Waals surface area contributed by atoms with E-state index in [1.807, 2.05) is 60.7 Å². The van der Waals surface area contributed by atoms with Gasteiger partial charge in [-0.1, -0.05) is 60.7 Å². The van der Waals surface area contributed by atoms with Gasteiger partial charge in [0.25, 0.3) is 11.8 Å². The Labute approximate surface area is 196 Å². The van der Waals surface area contributed by atoms with Crippen molar-refractivity contribution >= 4 is 58.3 Å².